The first-order valence-electron chi connectivity index (χ1n) is 9.21. The third-order valence-electron chi connectivity index (χ3n) is 4.35. The molecule has 0 aliphatic carbocycles. The van der Waals surface area contributed by atoms with E-state index in [1.807, 2.05) is 24.3 Å². The molecule has 0 heterocycles. The maximum atomic E-state index is 13.1. The normalized spacial score (nSPS) is 11.2. The summed E-state index contributed by atoms with van der Waals surface area (Å²) < 4.78 is 45.6. The summed E-state index contributed by atoms with van der Waals surface area (Å²) in [7, 11) is -2.40. The van der Waals surface area contributed by atoms with Crippen molar-refractivity contribution in [3.8, 4) is 0 Å². The first-order chi connectivity index (χ1) is 14.8. The van der Waals surface area contributed by atoms with E-state index in [1.165, 1.54) is 18.2 Å². The molecule has 0 aliphatic rings. The number of carbonyl (C=O) groups excluding carboxylic acids is 1. The molecule has 0 atom stereocenters. The first kappa shape index (κ1) is 22.7. The summed E-state index contributed by atoms with van der Waals surface area (Å²) >= 11 is 6.11. The number of rotatable bonds is 8. The number of ether oxygens (including phenoxy) is 1. The van der Waals surface area contributed by atoms with Gasteiger partial charge in [-0.1, -0.05) is 35.9 Å². The second kappa shape index (κ2) is 9.91. The maximum Gasteiger partial charge on any atom is 0.261 e. The van der Waals surface area contributed by atoms with E-state index in [4.69, 9.17) is 16.3 Å². The van der Waals surface area contributed by atoms with Gasteiger partial charge in [0, 0.05) is 19.2 Å². The van der Waals surface area contributed by atoms with E-state index in [1.54, 1.807) is 7.11 Å². The molecule has 0 radical (unpaired) electrons. The Kier molecular flexibility index (Phi) is 7.27. The van der Waals surface area contributed by atoms with Crippen molar-refractivity contribution in [3.63, 3.8) is 0 Å². The highest BCUT2D eigenvalue weighted by molar-refractivity contribution is 7.92. The molecule has 0 fully saturated rings. The summed E-state index contributed by atoms with van der Waals surface area (Å²) in [5.74, 6) is -0.945. The van der Waals surface area contributed by atoms with E-state index in [0.29, 0.717) is 6.61 Å². The fourth-order valence-electron chi connectivity index (χ4n) is 2.84. The van der Waals surface area contributed by atoms with Gasteiger partial charge < -0.3 is 10.1 Å². The van der Waals surface area contributed by atoms with E-state index in [2.05, 4.69) is 10.0 Å². The SMILES string of the molecule is COCc1cccc(CNC(=O)c2ccc(Cl)c(NS(=O)(=O)c3ccc(F)cc3)c2)c1. The molecule has 0 aliphatic heterocycles. The molecule has 0 bridgehead atoms. The van der Waals surface area contributed by atoms with Crippen LogP contribution in [0.2, 0.25) is 5.02 Å². The second-order valence-electron chi connectivity index (χ2n) is 6.69. The molecule has 0 spiro atoms. The standard InChI is InChI=1S/C22H20ClFN2O4S/c1-30-14-16-4-2-3-15(11-16)13-25-22(27)17-5-10-20(23)21(12-17)26-31(28,29)19-8-6-18(24)7-9-19/h2-12,26H,13-14H2,1H3,(H,25,27). The molecule has 0 saturated heterocycles. The predicted molar refractivity (Wildman–Crippen MR) is 117 cm³/mol. The van der Waals surface area contributed by atoms with Gasteiger partial charge in [0.1, 0.15) is 5.82 Å². The Labute approximate surface area is 185 Å². The smallest absolute Gasteiger partial charge is 0.261 e. The summed E-state index contributed by atoms with van der Waals surface area (Å²) in [6.07, 6.45) is 0. The monoisotopic (exact) mass is 462 g/mol. The minimum atomic E-state index is -4.01. The van der Waals surface area contributed by atoms with Gasteiger partial charge in [0.15, 0.2) is 0 Å². The van der Waals surface area contributed by atoms with E-state index in [9.17, 15) is 17.6 Å². The van der Waals surface area contributed by atoms with Gasteiger partial charge in [-0.3, -0.25) is 9.52 Å². The number of benzene rings is 3. The zero-order valence-electron chi connectivity index (χ0n) is 16.6. The second-order valence-corrected chi connectivity index (χ2v) is 8.78. The Morgan fingerprint density at radius 2 is 1.74 bits per heavy atom. The van der Waals surface area contributed by atoms with Crippen LogP contribution in [-0.2, 0) is 27.9 Å². The number of nitrogens with one attached hydrogen (secondary N) is 2. The van der Waals surface area contributed by atoms with Crippen molar-refractivity contribution < 1.29 is 22.3 Å². The van der Waals surface area contributed by atoms with Crippen LogP contribution >= 0.6 is 11.6 Å². The number of halogens is 2. The lowest BCUT2D eigenvalue weighted by atomic mass is 10.1. The molecule has 0 unspecified atom stereocenters. The summed E-state index contributed by atoms with van der Waals surface area (Å²) in [5, 5.41) is 2.91. The number of hydrogen-bond acceptors (Lipinski definition) is 4. The molecule has 0 aromatic heterocycles. The molecule has 6 nitrogen and oxygen atoms in total. The van der Waals surface area contributed by atoms with Crippen LogP contribution in [0.15, 0.2) is 71.6 Å². The maximum absolute atomic E-state index is 13.1. The number of carbonyl (C=O) groups is 1. The van der Waals surface area contributed by atoms with Crippen molar-refractivity contribution in [3.05, 3.63) is 94.3 Å². The molecule has 31 heavy (non-hydrogen) atoms. The fourth-order valence-corrected chi connectivity index (χ4v) is 4.13. The minimum absolute atomic E-state index is 0.0423. The molecule has 1 amide bonds. The van der Waals surface area contributed by atoms with Crippen molar-refractivity contribution in [2.24, 2.45) is 0 Å². The molecule has 0 saturated carbocycles. The molecule has 9 heteroatoms. The lowest BCUT2D eigenvalue weighted by molar-refractivity contribution is 0.0951. The van der Waals surface area contributed by atoms with Crippen LogP contribution in [-0.4, -0.2) is 21.4 Å². The average molecular weight is 463 g/mol. The Bertz CT molecular complexity index is 1180. The van der Waals surface area contributed by atoms with E-state index in [-0.39, 0.29) is 27.7 Å². The van der Waals surface area contributed by atoms with Crippen molar-refractivity contribution >= 4 is 33.2 Å². The highest BCUT2D eigenvalue weighted by Gasteiger charge is 2.17. The third-order valence-corrected chi connectivity index (χ3v) is 6.06. The lowest BCUT2D eigenvalue weighted by Crippen LogP contribution is -2.23. The zero-order valence-corrected chi connectivity index (χ0v) is 18.1. The average Bonchev–Trinajstić information content (AvgIpc) is 2.74. The lowest BCUT2D eigenvalue weighted by Gasteiger charge is -2.12. The zero-order chi connectivity index (χ0) is 22.4. The fraction of sp³-hybridized carbons (Fsp3) is 0.136. The summed E-state index contributed by atoms with van der Waals surface area (Å²) in [6.45, 7) is 0.756. The van der Waals surface area contributed by atoms with Crippen LogP contribution in [0.1, 0.15) is 21.5 Å². The minimum Gasteiger partial charge on any atom is -0.380 e. The molecule has 162 valence electrons. The van der Waals surface area contributed by atoms with Gasteiger partial charge in [0.25, 0.3) is 15.9 Å². The Hall–Kier alpha value is -2.94. The topological polar surface area (TPSA) is 84.5 Å². The van der Waals surface area contributed by atoms with Crippen LogP contribution in [0, 0.1) is 5.82 Å². The first-order valence-corrected chi connectivity index (χ1v) is 11.1. The molecule has 3 aromatic rings. The Morgan fingerprint density at radius 3 is 2.45 bits per heavy atom. The number of hydrogen-bond donors (Lipinski definition) is 2. The van der Waals surface area contributed by atoms with Gasteiger partial charge in [-0.2, -0.15) is 0 Å². The van der Waals surface area contributed by atoms with Gasteiger partial charge in [-0.15, -0.1) is 0 Å². The number of sulfonamides is 1. The van der Waals surface area contributed by atoms with Crippen LogP contribution in [0.4, 0.5) is 10.1 Å². The molecular formula is C22H20ClFN2O4S. The van der Waals surface area contributed by atoms with Crippen LogP contribution in [0.5, 0.6) is 0 Å². The highest BCUT2D eigenvalue weighted by atomic mass is 35.5. The van der Waals surface area contributed by atoms with Crippen molar-refractivity contribution in [2.75, 3.05) is 11.8 Å². The van der Waals surface area contributed by atoms with Crippen molar-refractivity contribution in [1.29, 1.82) is 0 Å². The quantitative estimate of drug-likeness (QED) is 0.521. The van der Waals surface area contributed by atoms with E-state index in [0.717, 1.165) is 35.4 Å². The largest absolute Gasteiger partial charge is 0.380 e. The van der Waals surface area contributed by atoms with Gasteiger partial charge >= 0.3 is 0 Å². The predicted octanol–water partition coefficient (Wildman–Crippen LogP) is 4.36. The van der Waals surface area contributed by atoms with Crippen LogP contribution in [0.25, 0.3) is 0 Å². The van der Waals surface area contributed by atoms with Gasteiger partial charge in [-0.05, 0) is 53.6 Å². The summed E-state index contributed by atoms with van der Waals surface area (Å²) in [4.78, 5) is 12.4. The van der Waals surface area contributed by atoms with Crippen molar-refractivity contribution in [1.82, 2.24) is 5.32 Å². The number of amides is 1. The Balaban J connectivity index is 1.73. The number of anilines is 1. The highest BCUT2D eigenvalue weighted by Crippen LogP contribution is 2.26. The van der Waals surface area contributed by atoms with Gasteiger partial charge in [-0.25, -0.2) is 12.8 Å². The van der Waals surface area contributed by atoms with Crippen molar-refractivity contribution in [2.45, 2.75) is 18.0 Å². The molecule has 3 rings (SSSR count). The third kappa shape index (κ3) is 6.04. The number of methoxy groups -OCH3 is 1. The Morgan fingerprint density at radius 1 is 1.03 bits per heavy atom. The van der Waals surface area contributed by atoms with Crippen LogP contribution < -0.4 is 10.0 Å². The van der Waals surface area contributed by atoms with E-state index < -0.39 is 21.7 Å². The molecule has 2 N–H and O–H groups in total. The van der Waals surface area contributed by atoms with Crippen LogP contribution in [0.3, 0.4) is 0 Å². The van der Waals surface area contributed by atoms with Gasteiger partial charge in [0.2, 0.25) is 0 Å². The van der Waals surface area contributed by atoms with E-state index >= 15 is 0 Å². The molecular weight excluding hydrogens is 443 g/mol. The summed E-state index contributed by atoms with van der Waals surface area (Å²) in [6, 6.07) is 16.2. The van der Waals surface area contributed by atoms with Gasteiger partial charge in [0.05, 0.1) is 22.2 Å². The summed E-state index contributed by atoms with van der Waals surface area (Å²) in [5.41, 5.74) is 2.15. The molecule has 3 aromatic carbocycles.